The van der Waals surface area contributed by atoms with Crippen molar-refractivity contribution in [1.29, 1.82) is 0 Å². The Morgan fingerprint density at radius 2 is 2.07 bits per heavy atom. The van der Waals surface area contributed by atoms with Gasteiger partial charge in [0.15, 0.2) is 0 Å². The Balaban J connectivity index is 1.53. The average Bonchev–Trinajstić information content (AvgIpc) is 2.73. The van der Waals surface area contributed by atoms with Gasteiger partial charge in [0.05, 0.1) is 23.4 Å². The van der Waals surface area contributed by atoms with E-state index in [1.54, 1.807) is 4.90 Å². The minimum absolute atomic E-state index is 0.0163. The van der Waals surface area contributed by atoms with Crippen LogP contribution in [0.2, 0.25) is 0 Å². The van der Waals surface area contributed by atoms with Crippen LogP contribution in [0.3, 0.4) is 0 Å². The van der Waals surface area contributed by atoms with Crippen molar-refractivity contribution in [2.24, 2.45) is 0 Å². The molecule has 2 aliphatic heterocycles. The molecule has 1 amide bonds. The smallest absolute Gasteiger partial charge is 0.378 e. The number of hydrogen-bond acceptors (Lipinski definition) is 4. The second kappa shape index (κ2) is 8.37. The summed E-state index contributed by atoms with van der Waals surface area (Å²) in [5.74, 6) is -0.129. The molecule has 2 atom stereocenters. The highest BCUT2D eigenvalue weighted by Gasteiger charge is 2.33. The van der Waals surface area contributed by atoms with Crippen molar-refractivity contribution in [3.05, 3.63) is 39.9 Å². The molecule has 162 valence electrons. The minimum Gasteiger partial charge on any atom is -0.378 e. The van der Waals surface area contributed by atoms with Crippen molar-refractivity contribution in [1.82, 2.24) is 14.9 Å². The van der Waals surface area contributed by atoms with E-state index < -0.39 is 17.4 Å². The molecule has 2 unspecified atom stereocenters. The third-order valence-corrected chi connectivity index (χ3v) is 5.90. The highest BCUT2D eigenvalue weighted by molar-refractivity contribution is 5.78. The van der Waals surface area contributed by atoms with E-state index in [1.165, 1.54) is 6.07 Å². The maximum atomic E-state index is 13.0. The molecule has 2 aromatic rings. The van der Waals surface area contributed by atoms with Crippen molar-refractivity contribution in [3.63, 3.8) is 0 Å². The van der Waals surface area contributed by atoms with Gasteiger partial charge in [-0.15, -0.1) is 0 Å². The van der Waals surface area contributed by atoms with Crippen LogP contribution in [0, 0.1) is 0 Å². The highest BCUT2D eigenvalue weighted by Crippen LogP contribution is 2.30. The number of amides is 1. The van der Waals surface area contributed by atoms with Gasteiger partial charge in [0.25, 0.3) is 5.56 Å². The Morgan fingerprint density at radius 1 is 1.23 bits per heavy atom. The standard InChI is InChI=1S/C21H24F3N3O3/c22-21(23,24)18-7-6-15-17(25-18)11-16(26-20(15)29)13-4-3-8-27(12-13)19(28)10-14-5-1-2-9-30-14/h6-7,11,13-14H,1-5,8-10,12H2,(H,26,29). The number of aromatic amines is 1. The largest absolute Gasteiger partial charge is 0.433 e. The van der Waals surface area contributed by atoms with Crippen LogP contribution in [0.4, 0.5) is 13.2 Å². The van der Waals surface area contributed by atoms with E-state index in [0.717, 1.165) is 44.2 Å². The van der Waals surface area contributed by atoms with Crippen LogP contribution in [-0.4, -0.2) is 46.6 Å². The lowest BCUT2D eigenvalue weighted by atomic mass is 9.93. The van der Waals surface area contributed by atoms with Gasteiger partial charge in [0.1, 0.15) is 5.69 Å². The number of nitrogens with zero attached hydrogens (tertiary/aromatic N) is 2. The van der Waals surface area contributed by atoms with Crippen molar-refractivity contribution >= 4 is 16.8 Å². The number of halogens is 3. The molecule has 9 heteroatoms. The number of nitrogens with one attached hydrogen (secondary N) is 1. The second-order valence-corrected chi connectivity index (χ2v) is 8.05. The Hall–Kier alpha value is -2.42. The van der Waals surface area contributed by atoms with E-state index in [9.17, 15) is 22.8 Å². The zero-order valence-corrected chi connectivity index (χ0v) is 16.5. The summed E-state index contributed by atoms with van der Waals surface area (Å²) in [6.07, 6.45) is 0.193. The summed E-state index contributed by atoms with van der Waals surface area (Å²) in [5.41, 5.74) is -0.962. The summed E-state index contributed by atoms with van der Waals surface area (Å²) in [5, 5.41) is 0.116. The third kappa shape index (κ3) is 4.50. The van der Waals surface area contributed by atoms with Crippen LogP contribution in [0.25, 0.3) is 10.9 Å². The maximum Gasteiger partial charge on any atom is 0.433 e. The molecule has 0 spiro atoms. The average molecular weight is 423 g/mol. The van der Waals surface area contributed by atoms with Gasteiger partial charge in [-0.25, -0.2) is 4.98 Å². The molecular weight excluding hydrogens is 399 g/mol. The summed E-state index contributed by atoms with van der Waals surface area (Å²) in [4.78, 5) is 33.3. The fourth-order valence-corrected chi connectivity index (χ4v) is 4.29. The highest BCUT2D eigenvalue weighted by atomic mass is 19.4. The third-order valence-electron chi connectivity index (χ3n) is 5.90. The number of likely N-dealkylation sites (tertiary alicyclic amines) is 1. The number of rotatable bonds is 3. The van der Waals surface area contributed by atoms with Crippen LogP contribution in [-0.2, 0) is 15.7 Å². The second-order valence-electron chi connectivity index (χ2n) is 8.05. The Bertz CT molecular complexity index is 983. The van der Waals surface area contributed by atoms with E-state index in [2.05, 4.69) is 9.97 Å². The van der Waals surface area contributed by atoms with Crippen LogP contribution < -0.4 is 5.56 Å². The molecule has 2 fully saturated rings. The Labute approximate surface area is 171 Å². The first-order valence-electron chi connectivity index (χ1n) is 10.3. The number of piperidine rings is 1. The fourth-order valence-electron chi connectivity index (χ4n) is 4.29. The van der Waals surface area contributed by atoms with Crippen LogP contribution in [0.15, 0.2) is 23.0 Å². The normalized spacial score (nSPS) is 23.0. The number of ether oxygens (including phenoxy) is 1. The molecule has 2 aliphatic rings. The van der Waals surface area contributed by atoms with Crippen LogP contribution >= 0.6 is 0 Å². The molecular formula is C21H24F3N3O3. The predicted octanol–water partition coefficient (Wildman–Crippen LogP) is 3.61. The van der Waals surface area contributed by atoms with Crippen molar-refractivity contribution in [2.45, 2.75) is 56.7 Å². The zero-order valence-electron chi connectivity index (χ0n) is 16.5. The first-order chi connectivity index (χ1) is 14.3. The molecule has 30 heavy (non-hydrogen) atoms. The molecule has 0 radical (unpaired) electrons. The summed E-state index contributed by atoms with van der Waals surface area (Å²) in [6.45, 7) is 1.74. The summed E-state index contributed by atoms with van der Waals surface area (Å²) in [7, 11) is 0. The zero-order chi connectivity index (χ0) is 21.3. The van der Waals surface area contributed by atoms with Crippen molar-refractivity contribution in [3.8, 4) is 0 Å². The Morgan fingerprint density at radius 3 is 2.80 bits per heavy atom. The van der Waals surface area contributed by atoms with E-state index >= 15 is 0 Å². The van der Waals surface area contributed by atoms with E-state index in [1.807, 2.05) is 0 Å². The number of alkyl halides is 3. The molecule has 0 bridgehead atoms. The van der Waals surface area contributed by atoms with E-state index in [-0.39, 0.29) is 28.8 Å². The quantitative estimate of drug-likeness (QED) is 0.819. The molecule has 6 nitrogen and oxygen atoms in total. The maximum absolute atomic E-state index is 13.0. The van der Waals surface area contributed by atoms with Gasteiger partial charge in [-0.05, 0) is 50.3 Å². The number of fused-ring (bicyclic) bond motifs is 1. The predicted molar refractivity (Wildman–Crippen MR) is 104 cm³/mol. The van der Waals surface area contributed by atoms with E-state index in [0.29, 0.717) is 31.8 Å². The number of hydrogen-bond donors (Lipinski definition) is 1. The van der Waals surface area contributed by atoms with E-state index in [4.69, 9.17) is 4.74 Å². The monoisotopic (exact) mass is 423 g/mol. The fraction of sp³-hybridized carbons (Fsp3) is 0.571. The van der Waals surface area contributed by atoms with Crippen LogP contribution in [0.1, 0.15) is 55.8 Å². The SMILES string of the molecule is O=C(CC1CCCCO1)N1CCCC(c2cc3nc(C(F)(F)F)ccc3c(=O)[nH]2)C1. The lowest BCUT2D eigenvalue weighted by Crippen LogP contribution is -2.41. The minimum atomic E-state index is -4.58. The van der Waals surface area contributed by atoms with Gasteiger partial charge in [-0.2, -0.15) is 13.2 Å². The van der Waals surface area contributed by atoms with Gasteiger partial charge in [-0.1, -0.05) is 0 Å². The lowest BCUT2D eigenvalue weighted by Gasteiger charge is -2.34. The molecule has 0 saturated carbocycles. The van der Waals surface area contributed by atoms with Gasteiger partial charge >= 0.3 is 6.18 Å². The van der Waals surface area contributed by atoms with Gasteiger partial charge in [-0.3, -0.25) is 9.59 Å². The topological polar surface area (TPSA) is 75.3 Å². The molecule has 0 aromatic carbocycles. The number of pyridine rings is 2. The summed E-state index contributed by atoms with van der Waals surface area (Å²) >= 11 is 0. The van der Waals surface area contributed by atoms with Gasteiger partial charge in [0.2, 0.25) is 5.91 Å². The first kappa shape index (κ1) is 20.8. The van der Waals surface area contributed by atoms with Gasteiger partial charge < -0.3 is 14.6 Å². The molecule has 1 N–H and O–H groups in total. The summed E-state index contributed by atoms with van der Waals surface area (Å²) in [6, 6.07) is 3.47. The number of carbonyl (C=O) groups excluding carboxylic acids is 1. The molecule has 2 saturated heterocycles. The number of aromatic nitrogens is 2. The summed E-state index contributed by atoms with van der Waals surface area (Å²) < 4.78 is 44.7. The van der Waals surface area contributed by atoms with Crippen LogP contribution in [0.5, 0.6) is 0 Å². The Kier molecular flexibility index (Phi) is 5.81. The number of carbonyl (C=O) groups is 1. The lowest BCUT2D eigenvalue weighted by molar-refractivity contribution is -0.141. The van der Waals surface area contributed by atoms with Crippen molar-refractivity contribution in [2.75, 3.05) is 19.7 Å². The van der Waals surface area contributed by atoms with Crippen molar-refractivity contribution < 1.29 is 22.7 Å². The van der Waals surface area contributed by atoms with Gasteiger partial charge in [0, 0.05) is 31.3 Å². The first-order valence-corrected chi connectivity index (χ1v) is 10.3. The molecule has 2 aromatic heterocycles. The molecule has 0 aliphatic carbocycles. The molecule has 4 rings (SSSR count). The molecule has 4 heterocycles. The number of H-pyrrole nitrogens is 1.